The van der Waals surface area contributed by atoms with E-state index in [-0.39, 0.29) is 18.9 Å². The standard InChI is InChI=1S/C18H20N4O4S/c1-26-13-4-2-12(3-5-13)11-22-17(24)14(21-18(22)25)10-15(23)19-7-6-16-20-8-9-27-16/h2-5,8-9,14H,6-7,10-11H2,1H3,(H,19,23)(H,21,25). The summed E-state index contributed by atoms with van der Waals surface area (Å²) in [6.07, 6.45) is 2.27. The summed E-state index contributed by atoms with van der Waals surface area (Å²) >= 11 is 1.52. The van der Waals surface area contributed by atoms with E-state index in [4.69, 9.17) is 4.74 Å². The number of imide groups is 1. The van der Waals surface area contributed by atoms with E-state index in [0.29, 0.717) is 18.7 Å². The quantitative estimate of drug-likeness (QED) is 0.665. The summed E-state index contributed by atoms with van der Waals surface area (Å²) in [4.78, 5) is 41.9. The Morgan fingerprint density at radius 2 is 2.11 bits per heavy atom. The molecule has 0 aliphatic carbocycles. The van der Waals surface area contributed by atoms with Gasteiger partial charge in [-0.1, -0.05) is 12.1 Å². The Kier molecular flexibility index (Phi) is 6.02. The van der Waals surface area contributed by atoms with Gasteiger partial charge in [-0.25, -0.2) is 9.78 Å². The lowest BCUT2D eigenvalue weighted by molar-refractivity contribution is -0.131. The molecule has 2 N–H and O–H groups in total. The van der Waals surface area contributed by atoms with Crippen LogP contribution in [0.4, 0.5) is 4.79 Å². The molecule has 2 heterocycles. The van der Waals surface area contributed by atoms with Crippen LogP contribution in [-0.4, -0.2) is 47.4 Å². The molecule has 1 saturated heterocycles. The molecule has 9 heteroatoms. The Hall–Kier alpha value is -2.94. The molecule has 142 valence electrons. The van der Waals surface area contributed by atoms with Crippen molar-refractivity contribution in [2.45, 2.75) is 25.4 Å². The molecule has 0 spiro atoms. The van der Waals surface area contributed by atoms with Gasteiger partial charge in [-0.2, -0.15) is 0 Å². The van der Waals surface area contributed by atoms with Crippen molar-refractivity contribution >= 4 is 29.2 Å². The lowest BCUT2D eigenvalue weighted by Crippen LogP contribution is -2.37. The van der Waals surface area contributed by atoms with Crippen LogP contribution in [0.2, 0.25) is 0 Å². The lowest BCUT2D eigenvalue weighted by Gasteiger charge is -2.13. The predicted octanol–water partition coefficient (Wildman–Crippen LogP) is 1.32. The average molecular weight is 388 g/mol. The average Bonchev–Trinajstić information content (AvgIpc) is 3.26. The first-order valence-corrected chi connectivity index (χ1v) is 9.34. The third-order valence-electron chi connectivity index (χ3n) is 4.14. The van der Waals surface area contributed by atoms with E-state index in [0.717, 1.165) is 15.5 Å². The fourth-order valence-corrected chi connectivity index (χ4v) is 3.34. The fraction of sp³-hybridized carbons (Fsp3) is 0.333. The molecule has 0 saturated carbocycles. The summed E-state index contributed by atoms with van der Waals surface area (Å²) in [6, 6.07) is 5.78. The first kappa shape index (κ1) is 18.8. The molecule has 1 aliphatic rings. The maximum Gasteiger partial charge on any atom is 0.325 e. The number of carbonyl (C=O) groups is 3. The number of hydrogen-bond donors (Lipinski definition) is 2. The number of rotatable bonds is 8. The van der Waals surface area contributed by atoms with Crippen molar-refractivity contribution in [1.82, 2.24) is 20.5 Å². The number of hydrogen-bond acceptors (Lipinski definition) is 6. The third kappa shape index (κ3) is 4.82. The molecule has 27 heavy (non-hydrogen) atoms. The van der Waals surface area contributed by atoms with E-state index < -0.39 is 18.0 Å². The zero-order valence-corrected chi connectivity index (χ0v) is 15.6. The minimum absolute atomic E-state index is 0.0818. The number of aromatic nitrogens is 1. The van der Waals surface area contributed by atoms with Crippen LogP contribution in [0.1, 0.15) is 17.0 Å². The molecule has 1 atom stereocenters. The monoisotopic (exact) mass is 388 g/mol. The number of nitrogens with zero attached hydrogens (tertiary/aromatic N) is 2. The number of nitrogens with one attached hydrogen (secondary N) is 2. The summed E-state index contributed by atoms with van der Waals surface area (Å²) in [5.74, 6) is 0.0191. The highest BCUT2D eigenvalue weighted by molar-refractivity contribution is 7.09. The maximum atomic E-state index is 12.5. The van der Waals surface area contributed by atoms with Crippen LogP contribution < -0.4 is 15.4 Å². The van der Waals surface area contributed by atoms with Crippen molar-refractivity contribution in [2.75, 3.05) is 13.7 Å². The Morgan fingerprint density at radius 1 is 1.33 bits per heavy atom. The predicted molar refractivity (Wildman–Crippen MR) is 99.3 cm³/mol. The highest BCUT2D eigenvalue weighted by Crippen LogP contribution is 2.17. The van der Waals surface area contributed by atoms with Crippen molar-refractivity contribution in [3.8, 4) is 5.75 Å². The van der Waals surface area contributed by atoms with Gasteiger partial charge >= 0.3 is 6.03 Å². The normalized spacial score (nSPS) is 16.3. The van der Waals surface area contributed by atoms with E-state index in [2.05, 4.69) is 15.6 Å². The summed E-state index contributed by atoms with van der Waals surface area (Å²) in [7, 11) is 1.57. The molecule has 1 aromatic carbocycles. The summed E-state index contributed by atoms with van der Waals surface area (Å²) < 4.78 is 5.09. The van der Waals surface area contributed by atoms with Crippen LogP contribution in [0.25, 0.3) is 0 Å². The van der Waals surface area contributed by atoms with Crippen molar-refractivity contribution in [3.05, 3.63) is 46.4 Å². The van der Waals surface area contributed by atoms with Gasteiger partial charge in [0.05, 0.1) is 25.1 Å². The minimum atomic E-state index is -0.837. The topological polar surface area (TPSA) is 101 Å². The minimum Gasteiger partial charge on any atom is -0.497 e. The second-order valence-electron chi connectivity index (χ2n) is 6.00. The van der Waals surface area contributed by atoms with Gasteiger partial charge < -0.3 is 15.4 Å². The molecule has 4 amide bonds. The summed E-state index contributed by atoms with van der Waals surface area (Å²) in [6.45, 7) is 0.591. The van der Waals surface area contributed by atoms with E-state index in [1.165, 1.54) is 11.3 Å². The van der Waals surface area contributed by atoms with Gasteiger partial charge in [0.1, 0.15) is 11.8 Å². The molecule has 1 aromatic heterocycles. The smallest absolute Gasteiger partial charge is 0.325 e. The van der Waals surface area contributed by atoms with E-state index in [1.807, 2.05) is 5.38 Å². The Labute approximate surface area is 160 Å². The second-order valence-corrected chi connectivity index (χ2v) is 6.98. The molecule has 1 aliphatic heterocycles. The second kappa shape index (κ2) is 8.63. The number of carbonyl (C=O) groups excluding carboxylic acids is 3. The number of urea groups is 1. The Morgan fingerprint density at radius 3 is 2.78 bits per heavy atom. The molecular weight excluding hydrogens is 368 g/mol. The van der Waals surface area contributed by atoms with Gasteiger partial charge in [0, 0.05) is 24.5 Å². The Balaban J connectivity index is 1.49. The first-order chi connectivity index (χ1) is 13.1. The Bertz CT molecular complexity index is 807. The van der Waals surface area contributed by atoms with Crippen molar-refractivity contribution in [3.63, 3.8) is 0 Å². The molecule has 1 fully saturated rings. The molecule has 1 unspecified atom stereocenters. The highest BCUT2D eigenvalue weighted by Gasteiger charge is 2.38. The first-order valence-electron chi connectivity index (χ1n) is 8.46. The van der Waals surface area contributed by atoms with Crippen LogP contribution in [0.15, 0.2) is 35.8 Å². The van der Waals surface area contributed by atoms with Crippen molar-refractivity contribution in [2.24, 2.45) is 0 Å². The van der Waals surface area contributed by atoms with E-state index >= 15 is 0 Å². The van der Waals surface area contributed by atoms with Gasteiger partial charge in [-0.15, -0.1) is 11.3 Å². The SMILES string of the molecule is COc1ccc(CN2C(=O)NC(CC(=O)NCCc3nccs3)C2=O)cc1. The van der Waals surface area contributed by atoms with Gasteiger partial charge in [0.15, 0.2) is 0 Å². The molecule has 0 bridgehead atoms. The highest BCUT2D eigenvalue weighted by atomic mass is 32.1. The molecule has 2 aromatic rings. The zero-order valence-electron chi connectivity index (χ0n) is 14.8. The van der Waals surface area contributed by atoms with Crippen LogP contribution in [-0.2, 0) is 22.6 Å². The van der Waals surface area contributed by atoms with Gasteiger partial charge in [-0.3, -0.25) is 14.5 Å². The van der Waals surface area contributed by atoms with Crippen LogP contribution in [0.5, 0.6) is 5.75 Å². The third-order valence-corrected chi connectivity index (χ3v) is 4.98. The van der Waals surface area contributed by atoms with Gasteiger partial charge in [0.25, 0.3) is 5.91 Å². The molecule has 0 radical (unpaired) electrons. The van der Waals surface area contributed by atoms with Crippen molar-refractivity contribution in [1.29, 1.82) is 0 Å². The van der Waals surface area contributed by atoms with Crippen LogP contribution in [0.3, 0.4) is 0 Å². The summed E-state index contributed by atoms with van der Waals surface area (Å²) in [5.41, 5.74) is 0.799. The zero-order chi connectivity index (χ0) is 19.2. The molecule has 3 rings (SSSR count). The molecular formula is C18H20N4O4S. The van der Waals surface area contributed by atoms with E-state index in [1.54, 1.807) is 37.6 Å². The number of amides is 4. The van der Waals surface area contributed by atoms with E-state index in [9.17, 15) is 14.4 Å². The maximum absolute atomic E-state index is 12.5. The summed E-state index contributed by atoms with van der Waals surface area (Å²) in [5, 5.41) is 8.14. The number of thiazole rings is 1. The van der Waals surface area contributed by atoms with Crippen LogP contribution >= 0.6 is 11.3 Å². The van der Waals surface area contributed by atoms with Gasteiger partial charge in [0.2, 0.25) is 5.91 Å². The number of ether oxygens (including phenoxy) is 1. The fourth-order valence-electron chi connectivity index (χ4n) is 2.72. The van der Waals surface area contributed by atoms with Crippen LogP contribution in [0, 0.1) is 0 Å². The number of methoxy groups -OCH3 is 1. The van der Waals surface area contributed by atoms with Gasteiger partial charge in [-0.05, 0) is 17.7 Å². The number of benzene rings is 1. The van der Waals surface area contributed by atoms with Crippen molar-refractivity contribution < 1.29 is 19.1 Å². The largest absolute Gasteiger partial charge is 0.497 e. The lowest BCUT2D eigenvalue weighted by atomic mass is 10.1. The molecule has 8 nitrogen and oxygen atoms in total.